The van der Waals surface area contributed by atoms with Crippen molar-refractivity contribution in [2.45, 2.75) is 38.1 Å². The molecule has 1 fully saturated rings. The van der Waals surface area contributed by atoms with Gasteiger partial charge in [-0.2, -0.15) is 5.10 Å². The molecule has 1 saturated carbocycles. The highest BCUT2D eigenvalue weighted by Gasteiger charge is 2.19. The molecule has 4 nitrogen and oxygen atoms in total. The Hall–Kier alpha value is -2.37. The lowest BCUT2D eigenvalue weighted by atomic mass is 10.2. The summed E-state index contributed by atoms with van der Waals surface area (Å²) in [5.41, 5.74) is 3.81. The molecule has 0 amide bonds. The van der Waals surface area contributed by atoms with E-state index in [2.05, 4.69) is 21.7 Å². The second-order valence-electron chi connectivity index (χ2n) is 5.03. The predicted octanol–water partition coefficient (Wildman–Crippen LogP) is 1.04. The normalized spacial score (nSPS) is 19.8. The number of carbonyl (C=O) groups excluding carboxylic acids is 1. The van der Waals surface area contributed by atoms with E-state index in [4.69, 9.17) is 6.42 Å². The average molecular weight is 265 g/mol. The number of carbonyl (C=O) groups is 1. The Kier molecular flexibility index (Phi) is 3.37. The molecule has 20 heavy (non-hydrogen) atoms. The number of hydrogen-bond acceptors (Lipinski definition) is 3. The van der Waals surface area contributed by atoms with Crippen LogP contribution >= 0.6 is 0 Å². The molecule has 0 radical (unpaired) electrons. The van der Waals surface area contributed by atoms with Gasteiger partial charge in [0.25, 0.3) is 5.78 Å². The zero-order chi connectivity index (χ0) is 13.9. The van der Waals surface area contributed by atoms with Crippen molar-refractivity contribution in [3.8, 4) is 12.3 Å². The van der Waals surface area contributed by atoms with Crippen LogP contribution in [0.2, 0.25) is 0 Å². The molecular weight excluding hydrogens is 250 g/mol. The van der Waals surface area contributed by atoms with Gasteiger partial charge in [-0.05, 0) is 31.3 Å². The third-order valence-corrected chi connectivity index (χ3v) is 3.73. The smallest absolute Gasteiger partial charge is 0.262 e. The minimum absolute atomic E-state index is 0.196. The molecule has 1 aromatic heterocycles. The highest BCUT2D eigenvalue weighted by Crippen LogP contribution is 2.27. The fourth-order valence-electron chi connectivity index (χ4n) is 2.71. The second-order valence-corrected chi connectivity index (χ2v) is 5.03. The summed E-state index contributed by atoms with van der Waals surface area (Å²) in [4.78, 5) is 16.1. The number of fused-ring (bicyclic) bond motifs is 1. The van der Waals surface area contributed by atoms with E-state index < -0.39 is 5.78 Å². The summed E-state index contributed by atoms with van der Waals surface area (Å²) in [6, 6.07) is 0.376. The molecule has 0 unspecified atom stereocenters. The third-order valence-electron chi connectivity index (χ3n) is 3.73. The molecule has 0 aromatic carbocycles. The van der Waals surface area contributed by atoms with Gasteiger partial charge in [-0.3, -0.25) is 4.79 Å². The number of ketones is 1. The van der Waals surface area contributed by atoms with Gasteiger partial charge in [-0.25, -0.2) is 9.67 Å². The number of nitrogens with zero attached hydrogens (tertiary/aromatic N) is 3. The molecule has 0 atom stereocenters. The average Bonchev–Trinajstić information content (AvgIpc) is 3.07. The molecule has 4 heteroatoms. The van der Waals surface area contributed by atoms with Crippen molar-refractivity contribution in [2.75, 3.05) is 0 Å². The van der Waals surface area contributed by atoms with Gasteiger partial charge in [0.2, 0.25) is 0 Å². The van der Waals surface area contributed by atoms with Crippen LogP contribution in [0.3, 0.4) is 0 Å². The van der Waals surface area contributed by atoms with Gasteiger partial charge in [0.15, 0.2) is 11.2 Å². The van der Waals surface area contributed by atoms with Crippen molar-refractivity contribution >= 4 is 11.9 Å². The Bertz CT molecular complexity index is 764. The van der Waals surface area contributed by atoms with Crippen molar-refractivity contribution < 1.29 is 4.79 Å². The maximum atomic E-state index is 11.7. The van der Waals surface area contributed by atoms with Crippen LogP contribution in [0.25, 0.3) is 6.08 Å². The summed E-state index contributed by atoms with van der Waals surface area (Å²) >= 11 is 0. The van der Waals surface area contributed by atoms with Gasteiger partial charge in [0.1, 0.15) is 0 Å². The van der Waals surface area contributed by atoms with Gasteiger partial charge >= 0.3 is 0 Å². The van der Waals surface area contributed by atoms with Crippen LogP contribution in [-0.4, -0.2) is 15.6 Å². The highest BCUT2D eigenvalue weighted by atomic mass is 16.1. The maximum absolute atomic E-state index is 11.7. The van der Waals surface area contributed by atoms with Crippen molar-refractivity contribution in [2.24, 2.45) is 4.99 Å². The number of aromatic nitrogens is 2. The Labute approximate surface area is 117 Å². The number of rotatable bonds is 2. The summed E-state index contributed by atoms with van der Waals surface area (Å²) in [6.07, 6.45) is 16.2. The summed E-state index contributed by atoms with van der Waals surface area (Å²) in [7, 11) is 0. The van der Waals surface area contributed by atoms with E-state index in [1.165, 1.54) is 12.8 Å². The van der Waals surface area contributed by atoms with E-state index in [-0.39, 0.29) is 5.70 Å². The number of hydrogen-bond donors (Lipinski definition) is 0. The first kappa shape index (κ1) is 12.7. The number of Topliss-reactive ketones (excluding diaryl/α,β-unsaturated/α-hetero) is 1. The maximum Gasteiger partial charge on any atom is 0.262 e. The second kappa shape index (κ2) is 5.32. The van der Waals surface area contributed by atoms with Crippen LogP contribution in [0.4, 0.5) is 0 Å². The van der Waals surface area contributed by atoms with Crippen LogP contribution in [0.15, 0.2) is 28.7 Å². The molecule has 3 rings (SSSR count). The third kappa shape index (κ3) is 2.24. The molecule has 1 aliphatic carbocycles. The minimum Gasteiger partial charge on any atom is -0.277 e. The van der Waals surface area contributed by atoms with Crippen LogP contribution in [0, 0.1) is 12.3 Å². The van der Waals surface area contributed by atoms with Crippen LogP contribution in [0.5, 0.6) is 0 Å². The molecule has 0 spiro atoms. The minimum atomic E-state index is -0.437. The highest BCUT2D eigenvalue weighted by molar-refractivity contribution is 6.07. The van der Waals surface area contributed by atoms with E-state index in [1.54, 1.807) is 6.08 Å². The van der Waals surface area contributed by atoms with E-state index in [0.29, 0.717) is 12.5 Å². The zero-order valence-corrected chi connectivity index (χ0v) is 11.2. The van der Waals surface area contributed by atoms with Crippen LogP contribution < -0.4 is 10.7 Å². The molecule has 0 bridgehead atoms. The quantitative estimate of drug-likeness (QED) is 0.456. The summed E-state index contributed by atoms with van der Waals surface area (Å²) in [6.45, 7) is 0. The zero-order valence-electron chi connectivity index (χ0n) is 11.2. The molecule has 1 aliphatic heterocycles. The van der Waals surface area contributed by atoms with E-state index in [9.17, 15) is 4.79 Å². The van der Waals surface area contributed by atoms with Crippen LogP contribution in [-0.2, 0) is 4.79 Å². The SMILES string of the molecule is C#CC(=O)C1=C=CC/C=c2/cnn(C3CCCC3)c2=N1. The topological polar surface area (TPSA) is 47.2 Å². The van der Waals surface area contributed by atoms with Gasteiger partial charge in [0, 0.05) is 5.22 Å². The molecule has 0 N–H and O–H groups in total. The van der Waals surface area contributed by atoms with Crippen LogP contribution in [0.1, 0.15) is 38.1 Å². The Morgan fingerprint density at radius 3 is 3.00 bits per heavy atom. The summed E-state index contributed by atoms with van der Waals surface area (Å²) in [5, 5.41) is 5.41. The first-order valence-corrected chi connectivity index (χ1v) is 6.88. The number of terminal acetylenes is 1. The first-order chi connectivity index (χ1) is 9.79. The lowest BCUT2D eigenvalue weighted by molar-refractivity contribution is -0.110. The van der Waals surface area contributed by atoms with Crippen molar-refractivity contribution in [1.29, 1.82) is 0 Å². The molecule has 1 aromatic rings. The van der Waals surface area contributed by atoms with E-state index in [1.807, 2.05) is 17.0 Å². The molecule has 2 aliphatic rings. The predicted molar refractivity (Wildman–Crippen MR) is 75.0 cm³/mol. The lowest BCUT2D eigenvalue weighted by Crippen LogP contribution is -2.32. The van der Waals surface area contributed by atoms with Crippen molar-refractivity contribution in [1.82, 2.24) is 9.78 Å². The fraction of sp³-hybridized carbons (Fsp3) is 0.375. The van der Waals surface area contributed by atoms with Gasteiger partial charge in [0.05, 0.1) is 12.2 Å². The van der Waals surface area contributed by atoms with Gasteiger partial charge in [-0.15, -0.1) is 6.42 Å². The standard InChI is InChI=1S/C16H15N3O/c1-2-15(20)14-10-6-3-7-12-11-17-19(16(12)18-14)13-8-4-5-9-13/h1,6-7,11,13H,3-5,8-9H2/b12-7-,18-16?. The van der Waals surface area contributed by atoms with E-state index in [0.717, 1.165) is 23.5 Å². The number of allylic oxidation sites excluding steroid dienone is 1. The van der Waals surface area contributed by atoms with Crippen molar-refractivity contribution in [3.05, 3.63) is 34.4 Å². The van der Waals surface area contributed by atoms with E-state index >= 15 is 0 Å². The Morgan fingerprint density at radius 2 is 2.25 bits per heavy atom. The molecule has 2 heterocycles. The molecule has 100 valence electrons. The largest absolute Gasteiger partial charge is 0.277 e. The Balaban J connectivity index is 2.18. The monoisotopic (exact) mass is 265 g/mol. The summed E-state index contributed by atoms with van der Waals surface area (Å²) in [5.74, 6) is 1.67. The summed E-state index contributed by atoms with van der Waals surface area (Å²) < 4.78 is 1.94. The fourth-order valence-corrected chi connectivity index (χ4v) is 2.71. The Morgan fingerprint density at radius 1 is 1.45 bits per heavy atom. The van der Waals surface area contributed by atoms with Crippen molar-refractivity contribution in [3.63, 3.8) is 0 Å². The van der Waals surface area contributed by atoms with Gasteiger partial charge in [-0.1, -0.05) is 24.6 Å². The molecule has 0 saturated heterocycles. The molecular formula is C16H15N3O. The van der Waals surface area contributed by atoms with Gasteiger partial charge < -0.3 is 0 Å². The first-order valence-electron chi connectivity index (χ1n) is 6.88. The lowest BCUT2D eigenvalue weighted by Gasteiger charge is -2.09.